The van der Waals surface area contributed by atoms with Gasteiger partial charge in [-0.05, 0) is 112 Å². The second kappa shape index (κ2) is 10.9. The van der Waals surface area contributed by atoms with E-state index in [0.717, 1.165) is 75.6 Å². The fourth-order valence-corrected chi connectivity index (χ4v) is 4.96. The number of hydrogen-bond acceptors (Lipinski definition) is 4. The van der Waals surface area contributed by atoms with Crippen molar-refractivity contribution in [1.82, 2.24) is 10.2 Å². The number of carbonyl (C=O) groups is 1. The molecule has 0 aromatic heterocycles. The lowest BCUT2D eigenvalue weighted by Gasteiger charge is -2.32. The summed E-state index contributed by atoms with van der Waals surface area (Å²) in [7, 11) is 1.71. The van der Waals surface area contributed by atoms with Gasteiger partial charge < -0.3 is 15.0 Å². The minimum Gasteiger partial charge on any atom is -0.497 e. The normalized spacial score (nSPS) is 17.7. The second-order valence-electron chi connectivity index (χ2n) is 9.10. The summed E-state index contributed by atoms with van der Waals surface area (Å²) < 4.78 is 5.25. The van der Waals surface area contributed by atoms with Crippen molar-refractivity contribution >= 4 is 5.78 Å². The highest BCUT2D eigenvalue weighted by atomic mass is 16.5. The van der Waals surface area contributed by atoms with Crippen molar-refractivity contribution in [2.24, 2.45) is 5.92 Å². The zero-order valence-electron chi connectivity index (χ0n) is 18.9. The minimum absolute atomic E-state index is 0.300. The van der Waals surface area contributed by atoms with Crippen LogP contribution in [0.2, 0.25) is 0 Å². The molecule has 0 saturated carbocycles. The fourth-order valence-electron chi connectivity index (χ4n) is 4.96. The van der Waals surface area contributed by atoms with Gasteiger partial charge in [-0.15, -0.1) is 0 Å². The molecule has 2 aromatic rings. The molecule has 166 valence electrons. The minimum atomic E-state index is 0.300. The van der Waals surface area contributed by atoms with Crippen LogP contribution in [-0.4, -0.2) is 50.5 Å². The summed E-state index contributed by atoms with van der Waals surface area (Å²) in [6, 6.07) is 14.9. The Labute approximate surface area is 187 Å². The first kappa shape index (κ1) is 22.0. The maximum absolute atomic E-state index is 12.7. The third-order valence-electron chi connectivity index (χ3n) is 6.94. The Balaban J connectivity index is 1.18. The molecule has 1 fully saturated rings. The molecule has 4 rings (SSSR count). The number of ether oxygens (including phenoxy) is 1. The fraction of sp³-hybridized carbons (Fsp3) is 0.519. The van der Waals surface area contributed by atoms with Crippen LogP contribution in [0.15, 0.2) is 42.5 Å². The van der Waals surface area contributed by atoms with E-state index in [1.54, 1.807) is 7.11 Å². The highest BCUT2D eigenvalue weighted by molar-refractivity contribution is 5.96. The van der Waals surface area contributed by atoms with E-state index in [1.807, 2.05) is 6.07 Å². The summed E-state index contributed by atoms with van der Waals surface area (Å²) in [5.74, 6) is 1.99. The Bertz CT molecular complexity index is 854. The number of nitrogens with one attached hydrogen (secondary N) is 1. The lowest BCUT2D eigenvalue weighted by atomic mass is 9.90. The summed E-state index contributed by atoms with van der Waals surface area (Å²) in [4.78, 5) is 15.3. The number of Topliss-reactive ketones (excluding diaryl/α,β-unsaturated/α-hetero) is 1. The Kier molecular flexibility index (Phi) is 7.76. The van der Waals surface area contributed by atoms with Crippen molar-refractivity contribution < 1.29 is 9.53 Å². The number of carbonyl (C=O) groups excluding carboxylic acids is 1. The average molecular weight is 421 g/mol. The van der Waals surface area contributed by atoms with Crippen LogP contribution in [-0.2, 0) is 19.3 Å². The SMILES string of the molecule is COc1ccc(CC2CCN(CCCC(=O)c3ccc4c(c3)CCNCC4)CC2)cc1. The summed E-state index contributed by atoms with van der Waals surface area (Å²) in [5.41, 5.74) is 5.06. The number of hydrogen-bond donors (Lipinski definition) is 1. The number of likely N-dealkylation sites (tertiary alicyclic amines) is 1. The molecule has 0 unspecified atom stereocenters. The third kappa shape index (κ3) is 6.18. The smallest absolute Gasteiger partial charge is 0.162 e. The van der Waals surface area contributed by atoms with E-state index in [2.05, 4.69) is 46.6 Å². The van der Waals surface area contributed by atoms with Crippen molar-refractivity contribution in [2.45, 2.75) is 44.9 Å². The highest BCUT2D eigenvalue weighted by Crippen LogP contribution is 2.23. The second-order valence-corrected chi connectivity index (χ2v) is 9.10. The molecule has 4 heteroatoms. The van der Waals surface area contributed by atoms with Crippen LogP contribution < -0.4 is 10.1 Å². The largest absolute Gasteiger partial charge is 0.497 e. The molecule has 2 aliphatic rings. The summed E-state index contributed by atoms with van der Waals surface area (Å²) >= 11 is 0. The van der Waals surface area contributed by atoms with E-state index >= 15 is 0 Å². The van der Waals surface area contributed by atoms with Gasteiger partial charge in [-0.3, -0.25) is 4.79 Å². The zero-order chi connectivity index (χ0) is 21.5. The lowest BCUT2D eigenvalue weighted by molar-refractivity contribution is 0.0970. The standard InChI is InChI=1S/C27H36N2O2/c1-31-26-8-4-21(5-9-26)19-22-12-17-29(18-13-22)16-2-3-27(30)25-7-6-23-10-14-28-15-11-24(23)20-25/h4-9,20,22,28H,2-3,10-19H2,1H3. The molecule has 0 amide bonds. The quantitative estimate of drug-likeness (QED) is 0.647. The number of ketones is 1. The van der Waals surface area contributed by atoms with E-state index in [9.17, 15) is 4.79 Å². The molecule has 1 N–H and O–H groups in total. The van der Waals surface area contributed by atoms with Crippen molar-refractivity contribution in [2.75, 3.05) is 39.8 Å². The zero-order valence-corrected chi connectivity index (χ0v) is 18.9. The molecule has 31 heavy (non-hydrogen) atoms. The van der Waals surface area contributed by atoms with Crippen molar-refractivity contribution in [3.05, 3.63) is 64.7 Å². The van der Waals surface area contributed by atoms with E-state index in [0.29, 0.717) is 12.2 Å². The van der Waals surface area contributed by atoms with Crippen molar-refractivity contribution in [3.63, 3.8) is 0 Å². The summed E-state index contributed by atoms with van der Waals surface area (Å²) in [6.45, 7) is 5.40. The first-order chi connectivity index (χ1) is 15.2. The Morgan fingerprint density at radius 3 is 2.52 bits per heavy atom. The number of nitrogens with zero attached hydrogens (tertiary/aromatic N) is 1. The number of piperidine rings is 1. The molecule has 0 aliphatic carbocycles. The van der Waals surface area contributed by atoms with Gasteiger partial charge in [-0.25, -0.2) is 0 Å². The first-order valence-corrected chi connectivity index (χ1v) is 11.9. The van der Waals surface area contributed by atoms with E-state index in [1.165, 1.54) is 29.5 Å². The molecular formula is C27H36N2O2. The van der Waals surface area contributed by atoms with Crippen LogP contribution in [0.3, 0.4) is 0 Å². The molecular weight excluding hydrogens is 384 g/mol. The lowest BCUT2D eigenvalue weighted by Crippen LogP contribution is -2.35. The molecule has 1 saturated heterocycles. The van der Waals surface area contributed by atoms with Crippen LogP contribution in [0.1, 0.15) is 52.7 Å². The monoisotopic (exact) mass is 420 g/mol. The number of fused-ring (bicyclic) bond motifs is 1. The molecule has 2 aromatic carbocycles. The van der Waals surface area contributed by atoms with Crippen LogP contribution in [0, 0.1) is 5.92 Å². The molecule has 2 aliphatic heterocycles. The average Bonchev–Trinajstić information content (AvgIpc) is 3.05. The van der Waals surface area contributed by atoms with Crippen LogP contribution >= 0.6 is 0 Å². The van der Waals surface area contributed by atoms with Gasteiger partial charge in [0.15, 0.2) is 5.78 Å². The van der Waals surface area contributed by atoms with Crippen LogP contribution in [0.4, 0.5) is 0 Å². The summed E-state index contributed by atoms with van der Waals surface area (Å²) in [5, 5.41) is 3.44. The van der Waals surface area contributed by atoms with Gasteiger partial charge in [-0.2, -0.15) is 0 Å². The van der Waals surface area contributed by atoms with E-state index in [-0.39, 0.29) is 0 Å². The van der Waals surface area contributed by atoms with Gasteiger partial charge >= 0.3 is 0 Å². The Morgan fingerprint density at radius 2 is 1.77 bits per heavy atom. The van der Waals surface area contributed by atoms with Gasteiger partial charge in [0.2, 0.25) is 0 Å². The van der Waals surface area contributed by atoms with Gasteiger partial charge in [0.25, 0.3) is 0 Å². The van der Waals surface area contributed by atoms with Crippen molar-refractivity contribution in [1.29, 1.82) is 0 Å². The highest BCUT2D eigenvalue weighted by Gasteiger charge is 2.20. The number of benzene rings is 2. The molecule has 4 nitrogen and oxygen atoms in total. The number of rotatable bonds is 8. The topological polar surface area (TPSA) is 41.6 Å². The Morgan fingerprint density at radius 1 is 1.03 bits per heavy atom. The molecule has 0 atom stereocenters. The third-order valence-corrected chi connectivity index (χ3v) is 6.94. The molecule has 2 heterocycles. The maximum Gasteiger partial charge on any atom is 0.162 e. The number of methoxy groups -OCH3 is 1. The van der Waals surface area contributed by atoms with Gasteiger partial charge in [0.05, 0.1) is 7.11 Å². The predicted octanol–water partition coefficient (Wildman–Crippen LogP) is 4.30. The Hall–Kier alpha value is -2.17. The van der Waals surface area contributed by atoms with E-state index in [4.69, 9.17) is 4.74 Å². The molecule has 0 spiro atoms. The van der Waals surface area contributed by atoms with Crippen molar-refractivity contribution in [3.8, 4) is 5.75 Å². The summed E-state index contributed by atoms with van der Waals surface area (Å²) in [6.07, 6.45) is 7.37. The molecule has 0 radical (unpaired) electrons. The predicted molar refractivity (Wildman–Crippen MR) is 126 cm³/mol. The van der Waals surface area contributed by atoms with Gasteiger partial charge in [-0.1, -0.05) is 24.3 Å². The van der Waals surface area contributed by atoms with E-state index < -0.39 is 0 Å². The maximum atomic E-state index is 12.7. The first-order valence-electron chi connectivity index (χ1n) is 11.9. The molecule has 0 bridgehead atoms. The van der Waals surface area contributed by atoms with Gasteiger partial charge in [0, 0.05) is 12.0 Å². The van der Waals surface area contributed by atoms with Gasteiger partial charge in [0.1, 0.15) is 5.75 Å². The van der Waals surface area contributed by atoms with Crippen LogP contribution in [0.5, 0.6) is 5.75 Å². The van der Waals surface area contributed by atoms with Crippen LogP contribution in [0.25, 0.3) is 0 Å².